The molecule has 1 aromatic carbocycles. The Bertz CT molecular complexity index is 549. The molecule has 3 N–H and O–H groups in total. The van der Waals surface area contributed by atoms with E-state index in [2.05, 4.69) is 35.4 Å². The summed E-state index contributed by atoms with van der Waals surface area (Å²) >= 11 is 1.56. The molecule has 2 aromatic rings. The van der Waals surface area contributed by atoms with Crippen molar-refractivity contribution < 1.29 is 0 Å². The summed E-state index contributed by atoms with van der Waals surface area (Å²) < 4.78 is 1.19. The van der Waals surface area contributed by atoms with Gasteiger partial charge in [-0.15, -0.1) is 0 Å². The number of nitrogens with one attached hydrogen (secondary N) is 1. The van der Waals surface area contributed by atoms with Crippen LogP contribution in [0, 0.1) is 5.92 Å². The first-order chi connectivity index (χ1) is 8.76. The second kappa shape index (κ2) is 4.86. The molecule has 1 heterocycles. The van der Waals surface area contributed by atoms with Crippen molar-refractivity contribution in [2.75, 3.05) is 5.73 Å². The van der Waals surface area contributed by atoms with E-state index < -0.39 is 0 Å². The molecule has 3 nitrogen and oxygen atoms in total. The van der Waals surface area contributed by atoms with Gasteiger partial charge in [0.25, 0.3) is 0 Å². The Labute approximate surface area is 111 Å². The molecule has 1 fully saturated rings. The van der Waals surface area contributed by atoms with Gasteiger partial charge < -0.3 is 11.1 Å². The minimum absolute atomic E-state index is 0.653. The number of benzene rings is 1. The number of thiazole rings is 1. The smallest absolute Gasteiger partial charge is 0.181 e. The number of fused-ring (bicyclic) bond motifs is 1. The van der Waals surface area contributed by atoms with Crippen molar-refractivity contribution in [1.29, 1.82) is 0 Å². The molecule has 2 atom stereocenters. The Kier molecular flexibility index (Phi) is 3.22. The fourth-order valence-electron chi connectivity index (χ4n) is 2.53. The highest BCUT2D eigenvalue weighted by Crippen LogP contribution is 2.34. The highest BCUT2D eigenvalue weighted by molar-refractivity contribution is 7.22. The van der Waals surface area contributed by atoms with Crippen LogP contribution in [0.5, 0.6) is 0 Å². The molecule has 1 aromatic heterocycles. The minimum Gasteiger partial charge on any atom is -0.375 e. The molecule has 0 bridgehead atoms. The molecular formula is C14H19N3S. The van der Waals surface area contributed by atoms with Crippen LogP contribution in [0.25, 0.3) is 10.2 Å². The van der Waals surface area contributed by atoms with Crippen LogP contribution >= 0.6 is 11.3 Å². The van der Waals surface area contributed by atoms with Gasteiger partial charge >= 0.3 is 0 Å². The van der Waals surface area contributed by atoms with Crippen molar-refractivity contribution >= 4 is 26.7 Å². The van der Waals surface area contributed by atoms with Crippen LogP contribution in [-0.4, -0.2) is 11.0 Å². The summed E-state index contributed by atoms with van der Waals surface area (Å²) in [5, 5.41) is 4.29. The minimum atomic E-state index is 0.653. The Morgan fingerprint density at radius 2 is 2.39 bits per heavy atom. The summed E-state index contributed by atoms with van der Waals surface area (Å²) in [5.74, 6) is 0.915. The number of nitrogens with zero attached hydrogens (tertiary/aromatic N) is 1. The molecule has 0 radical (unpaired) electrons. The third-order valence-electron chi connectivity index (χ3n) is 3.62. The molecule has 1 aliphatic rings. The Balaban J connectivity index is 1.61. The van der Waals surface area contributed by atoms with Gasteiger partial charge in [-0.05, 0) is 36.5 Å². The van der Waals surface area contributed by atoms with Gasteiger partial charge in [-0.3, -0.25) is 0 Å². The average molecular weight is 261 g/mol. The SMILES string of the molecule is CCCC1CC1NCc1ccc2nc(N)sc2c1. The van der Waals surface area contributed by atoms with Crippen LogP contribution in [0.4, 0.5) is 5.13 Å². The maximum absolute atomic E-state index is 5.72. The number of anilines is 1. The molecule has 1 saturated carbocycles. The molecule has 0 aliphatic heterocycles. The summed E-state index contributed by atoms with van der Waals surface area (Å²) in [7, 11) is 0. The van der Waals surface area contributed by atoms with Crippen molar-refractivity contribution in [3.05, 3.63) is 23.8 Å². The lowest BCUT2D eigenvalue weighted by atomic mass is 10.2. The van der Waals surface area contributed by atoms with Crippen LogP contribution in [0.1, 0.15) is 31.7 Å². The Morgan fingerprint density at radius 3 is 3.22 bits per heavy atom. The predicted molar refractivity (Wildman–Crippen MR) is 77.7 cm³/mol. The van der Waals surface area contributed by atoms with Gasteiger partial charge in [-0.25, -0.2) is 4.98 Å². The van der Waals surface area contributed by atoms with E-state index in [1.807, 2.05) is 0 Å². The molecule has 4 heteroatoms. The van der Waals surface area contributed by atoms with E-state index >= 15 is 0 Å². The lowest BCUT2D eigenvalue weighted by Gasteiger charge is -2.04. The third kappa shape index (κ3) is 2.49. The second-order valence-corrected chi connectivity index (χ2v) is 6.19. The summed E-state index contributed by atoms with van der Waals surface area (Å²) in [6.07, 6.45) is 4.01. The molecule has 3 rings (SSSR count). The summed E-state index contributed by atoms with van der Waals surface area (Å²) in [4.78, 5) is 4.27. The maximum atomic E-state index is 5.72. The Hall–Kier alpha value is -1.13. The quantitative estimate of drug-likeness (QED) is 0.869. The molecule has 0 saturated heterocycles. The van der Waals surface area contributed by atoms with E-state index in [4.69, 9.17) is 5.73 Å². The zero-order valence-corrected chi connectivity index (χ0v) is 11.5. The van der Waals surface area contributed by atoms with Gasteiger partial charge in [-0.1, -0.05) is 30.7 Å². The van der Waals surface area contributed by atoms with E-state index in [9.17, 15) is 0 Å². The summed E-state index contributed by atoms with van der Waals surface area (Å²) in [6, 6.07) is 7.15. The van der Waals surface area contributed by atoms with E-state index in [0.717, 1.165) is 24.0 Å². The number of hydrogen-bond acceptors (Lipinski definition) is 4. The van der Waals surface area contributed by atoms with Gasteiger partial charge in [0.2, 0.25) is 0 Å². The van der Waals surface area contributed by atoms with Gasteiger partial charge in [0.1, 0.15) is 0 Å². The zero-order valence-electron chi connectivity index (χ0n) is 10.6. The van der Waals surface area contributed by atoms with Crippen LogP contribution in [-0.2, 0) is 6.54 Å². The summed E-state index contributed by atoms with van der Waals surface area (Å²) in [6.45, 7) is 3.22. The van der Waals surface area contributed by atoms with Gasteiger partial charge in [0.15, 0.2) is 5.13 Å². The highest BCUT2D eigenvalue weighted by Gasteiger charge is 2.35. The van der Waals surface area contributed by atoms with Crippen LogP contribution in [0.15, 0.2) is 18.2 Å². The maximum Gasteiger partial charge on any atom is 0.181 e. The van der Waals surface area contributed by atoms with Crippen LogP contribution in [0.3, 0.4) is 0 Å². The molecule has 18 heavy (non-hydrogen) atoms. The average Bonchev–Trinajstić information content (AvgIpc) is 2.97. The van der Waals surface area contributed by atoms with Gasteiger partial charge in [0, 0.05) is 12.6 Å². The number of nitrogen functional groups attached to an aromatic ring is 1. The number of nitrogens with two attached hydrogens (primary N) is 1. The van der Waals surface area contributed by atoms with Crippen LogP contribution in [0.2, 0.25) is 0 Å². The van der Waals surface area contributed by atoms with E-state index in [0.29, 0.717) is 5.13 Å². The fourth-order valence-corrected chi connectivity index (χ4v) is 3.33. The highest BCUT2D eigenvalue weighted by atomic mass is 32.1. The van der Waals surface area contributed by atoms with Gasteiger partial charge in [0.05, 0.1) is 10.2 Å². The molecule has 1 aliphatic carbocycles. The van der Waals surface area contributed by atoms with Crippen molar-refractivity contribution in [3.8, 4) is 0 Å². The number of hydrogen-bond donors (Lipinski definition) is 2. The number of rotatable bonds is 5. The van der Waals surface area contributed by atoms with Crippen molar-refractivity contribution in [1.82, 2.24) is 10.3 Å². The first kappa shape index (κ1) is 11.9. The largest absolute Gasteiger partial charge is 0.375 e. The summed E-state index contributed by atoms with van der Waals surface area (Å²) in [5.41, 5.74) is 8.05. The van der Waals surface area contributed by atoms with E-state index in [1.54, 1.807) is 11.3 Å². The van der Waals surface area contributed by atoms with E-state index in [-0.39, 0.29) is 0 Å². The van der Waals surface area contributed by atoms with Crippen LogP contribution < -0.4 is 11.1 Å². The monoisotopic (exact) mass is 261 g/mol. The first-order valence-electron chi connectivity index (χ1n) is 6.64. The predicted octanol–water partition coefficient (Wildman–Crippen LogP) is 3.16. The number of aromatic nitrogens is 1. The standard InChI is InChI=1S/C14H19N3S/c1-2-3-10-7-12(10)16-8-9-4-5-11-13(6-9)18-14(15)17-11/h4-6,10,12,16H,2-3,7-8H2,1H3,(H2,15,17). The van der Waals surface area contributed by atoms with Crippen molar-refractivity contribution in [2.45, 2.75) is 38.8 Å². The fraction of sp³-hybridized carbons (Fsp3) is 0.500. The molecule has 96 valence electrons. The lowest BCUT2D eigenvalue weighted by Crippen LogP contribution is -2.17. The third-order valence-corrected chi connectivity index (χ3v) is 4.47. The molecule has 2 unspecified atom stereocenters. The molecule has 0 amide bonds. The Morgan fingerprint density at radius 1 is 1.50 bits per heavy atom. The molecule has 0 spiro atoms. The van der Waals surface area contributed by atoms with Gasteiger partial charge in [-0.2, -0.15) is 0 Å². The molecular weight excluding hydrogens is 242 g/mol. The second-order valence-electron chi connectivity index (χ2n) is 5.13. The van der Waals surface area contributed by atoms with Crippen molar-refractivity contribution in [2.24, 2.45) is 5.92 Å². The topological polar surface area (TPSA) is 50.9 Å². The first-order valence-corrected chi connectivity index (χ1v) is 7.46. The van der Waals surface area contributed by atoms with Crippen molar-refractivity contribution in [3.63, 3.8) is 0 Å². The zero-order chi connectivity index (χ0) is 12.5. The lowest BCUT2D eigenvalue weighted by molar-refractivity contribution is 0.599. The van der Waals surface area contributed by atoms with E-state index in [1.165, 1.54) is 29.5 Å². The normalized spacial score (nSPS) is 22.5.